The molecule has 0 saturated heterocycles. The molecule has 1 heterocycles. The van der Waals surface area contributed by atoms with Gasteiger partial charge in [-0.15, -0.1) is 0 Å². The zero-order valence-electron chi connectivity index (χ0n) is 11.1. The Kier molecular flexibility index (Phi) is 3.34. The van der Waals surface area contributed by atoms with Gasteiger partial charge in [0, 0.05) is 29.8 Å². The van der Waals surface area contributed by atoms with Crippen LogP contribution in [0.25, 0.3) is 0 Å². The van der Waals surface area contributed by atoms with Gasteiger partial charge < -0.3 is 5.73 Å². The Morgan fingerprint density at radius 2 is 1.79 bits per heavy atom. The van der Waals surface area contributed by atoms with Crippen LogP contribution in [0.3, 0.4) is 0 Å². The molecule has 2 nitrogen and oxygen atoms in total. The Balaban J connectivity index is 1.83. The summed E-state index contributed by atoms with van der Waals surface area (Å²) in [5.41, 5.74) is 9.19. The van der Waals surface area contributed by atoms with Crippen molar-refractivity contribution in [1.82, 2.24) is 4.98 Å². The maximum absolute atomic E-state index is 6.54. The molecule has 1 aromatic heterocycles. The SMILES string of the molecule is NC(Cc1ccccn1)C1(c2ccccc2)CCC1. The summed E-state index contributed by atoms with van der Waals surface area (Å²) >= 11 is 0. The minimum absolute atomic E-state index is 0.151. The number of benzene rings is 1. The summed E-state index contributed by atoms with van der Waals surface area (Å²) in [6.07, 6.45) is 6.38. The Morgan fingerprint density at radius 3 is 2.37 bits per heavy atom. The highest BCUT2D eigenvalue weighted by Crippen LogP contribution is 2.46. The maximum atomic E-state index is 6.54. The topological polar surface area (TPSA) is 38.9 Å². The molecule has 0 spiro atoms. The van der Waals surface area contributed by atoms with E-state index in [2.05, 4.69) is 41.4 Å². The van der Waals surface area contributed by atoms with Gasteiger partial charge in [-0.25, -0.2) is 0 Å². The minimum atomic E-state index is 0.151. The molecule has 98 valence electrons. The third-order valence-corrected chi connectivity index (χ3v) is 4.46. The molecule has 2 heteroatoms. The number of hydrogen-bond donors (Lipinski definition) is 1. The van der Waals surface area contributed by atoms with Crippen molar-refractivity contribution in [1.29, 1.82) is 0 Å². The minimum Gasteiger partial charge on any atom is -0.327 e. The average Bonchev–Trinajstić information content (AvgIpc) is 2.40. The molecule has 1 fully saturated rings. The normalized spacial score (nSPS) is 18.6. The van der Waals surface area contributed by atoms with E-state index in [0.29, 0.717) is 0 Å². The van der Waals surface area contributed by atoms with Crippen molar-refractivity contribution in [2.75, 3.05) is 0 Å². The zero-order chi connectivity index (χ0) is 13.1. The lowest BCUT2D eigenvalue weighted by Gasteiger charge is -2.47. The Labute approximate surface area is 114 Å². The first kappa shape index (κ1) is 12.4. The van der Waals surface area contributed by atoms with Crippen LogP contribution < -0.4 is 5.73 Å². The molecule has 3 rings (SSSR count). The number of hydrogen-bond acceptors (Lipinski definition) is 2. The molecule has 0 aliphatic heterocycles. The first-order chi connectivity index (χ1) is 9.31. The van der Waals surface area contributed by atoms with Gasteiger partial charge in [0.2, 0.25) is 0 Å². The molecule has 0 bridgehead atoms. The molecule has 2 N–H and O–H groups in total. The van der Waals surface area contributed by atoms with E-state index in [1.807, 2.05) is 18.3 Å². The molecule has 1 saturated carbocycles. The van der Waals surface area contributed by atoms with Crippen LogP contribution >= 0.6 is 0 Å². The second-order valence-electron chi connectivity index (χ2n) is 5.51. The number of rotatable bonds is 4. The molecule has 1 aromatic carbocycles. The summed E-state index contributed by atoms with van der Waals surface area (Å²) in [7, 11) is 0. The number of nitrogens with zero attached hydrogens (tertiary/aromatic N) is 1. The third-order valence-electron chi connectivity index (χ3n) is 4.46. The molecule has 0 radical (unpaired) electrons. The predicted octanol–water partition coefficient (Wildman–Crippen LogP) is 3.07. The van der Waals surface area contributed by atoms with Gasteiger partial charge in [0.05, 0.1) is 0 Å². The quantitative estimate of drug-likeness (QED) is 0.908. The first-order valence-electron chi connectivity index (χ1n) is 7.02. The van der Waals surface area contributed by atoms with E-state index in [9.17, 15) is 0 Å². The van der Waals surface area contributed by atoms with E-state index >= 15 is 0 Å². The predicted molar refractivity (Wildman–Crippen MR) is 77.9 cm³/mol. The van der Waals surface area contributed by atoms with Crippen molar-refractivity contribution in [3.63, 3.8) is 0 Å². The Hall–Kier alpha value is -1.67. The standard InChI is InChI=1S/C17H20N2/c18-16(13-15-9-4-5-12-19-15)17(10-6-11-17)14-7-2-1-3-8-14/h1-5,7-9,12,16H,6,10-11,13,18H2. The molecular weight excluding hydrogens is 232 g/mol. The summed E-state index contributed by atoms with van der Waals surface area (Å²) < 4.78 is 0. The fourth-order valence-corrected chi connectivity index (χ4v) is 3.14. The van der Waals surface area contributed by atoms with Crippen molar-refractivity contribution < 1.29 is 0 Å². The fourth-order valence-electron chi connectivity index (χ4n) is 3.14. The Morgan fingerprint density at radius 1 is 1.05 bits per heavy atom. The molecule has 1 aliphatic rings. The van der Waals surface area contributed by atoms with Crippen LogP contribution in [0.1, 0.15) is 30.5 Å². The monoisotopic (exact) mass is 252 g/mol. The number of aromatic nitrogens is 1. The van der Waals surface area contributed by atoms with E-state index in [1.165, 1.54) is 24.8 Å². The molecule has 1 atom stereocenters. The van der Waals surface area contributed by atoms with Gasteiger partial charge in [-0.2, -0.15) is 0 Å². The van der Waals surface area contributed by atoms with Gasteiger partial charge in [0.1, 0.15) is 0 Å². The van der Waals surface area contributed by atoms with Gasteiger partial charge in [-0.05, 0) is 30.5 Å². The van der Waals surface area contributed by atoms with Crippen LogP contribution in [-0.4, -0.2) is 11.0 Å². The van der Waals surface area contributed by atoms with Crippen molar-refractivity contribution in [2.45, 2.75) is 37.1 Å². The number of nitrogens with two attached hydrogens (primary N) is 1. The highest BCUT2D eigenvalue weighted by atomic mass is 14.7. The van der Waals surface area contributed by atoms with E-state index < -0.39 is 0 Å². The average molecular weight is 252 g/mol. The molecule has 1 aliphatic carbocycles. The molecule has 2 aromatic rings. The maximum Gasteiger partial charge on any atom is 0.0419 e. The smallest absolute Gasteiger partial charge is 0.0419 e. The third kappa shape index (κ3) is 2.28. The Bertz CT molecular complexity index is 517. The summed E-state index contributed by atoms with van der Waals surface area (Å²) in [5.74, 6) is 0. The lowest BCUT2D eigenvalue weighted by atomic mass is 9.59. The van der Waals surface area contributed by atoms with Crippen LogP contribution in [-0.2, 0) is 11.8 Å². The fraction of sp³-hybridized carbons (Fsp3) is 0.353. The van der Waals surface area contributed by atoms with Crippen LogP contribution in [0.5, 0.6) is 0 Å². The van der Waals surface area contributed by atoms with E-state index in [1.54, 1.807) is 0 Å². The van der Waals surface area contributed by atoms with E-state index in [4.69, 9.17) is 5.73 Å². The van der Waals surface area contributed by atoms with Crippen LogP contribution in [0, 0.1) is 0 Å². The van der Waals surface area contributed by atoms with Crippen molar-refractivity contribution in [3.8, 4) is 0 Å². The van der Waals surface area contributed by atoms with Gasteiger partial charge >= 0.3 is 0 Å². The van der Waals surface area contributed by atoms with Crippen molar-refractivity contribution in [2.24, 2.45) is 5.73 Å². The zero-order valence-corrected chi connectivity index (χ0v) is 11.1. The van der Waals surface area contributed by atoms with E-state index in [-0.39, 0.29) is 11.5 Å². The second kappa shape index (κ2) is 5.14. The summed E-state index contributed by atoms with van der Waals surface area (Å²) in [5, 5.41) is 0. The second-order valence-corrected chi connectivity index (χ2v) is 5.51. The first-order valence-corrected chi connectivity index (χ1v) is 7.02. The van der Waals surface area contributed by atoms with Crippen LogP contribution in [0.15, 0.2) is 54.7 Å². The lowest BCUT2D eigenvalue weighted by Crippen LogP contribution is -2.51. The molecule has 19 heavy (non-hydrogen) atoms. The highest BCUT2D eigenvalue weighted by Gasteiger charge is 2.43. The van der Waals surface area contributed by atoms with Crippen molar-refractivity contribution in [3.05, 3.63) is 66.0 Å². The van der Waals surface area contributed by atoms with Gasteiger partial charge in [-0.3, -0.25) is 4.98 Å². The van der Waals surface area contributed by atoms with E-state index in [0.717, 1.165) is 12.1 Å². The lowest BCUT2D eigenvalue weighted by molar-refractivity contribution is 0.193. The number of pyridine rings is 1. The largest absolute Gasteiger partial charge is 0.327 e. The van der Waals surface area contributed by atoms with Gasteiger partial charge in [-0.1, -0.05) is 42.8 Å². The van der Waals surface area contributed by atoms with Crippen LogP contribution in [0.2, 0.25) is 0 Å². The summed E-state index contributed by atoms with van der Waals surface area (Å²) in [4.78, 5) is 4.40. The molecular formula is C17H20N2. The van der Waals surface area contributed by atoms with Crippen molar-refractivity contribution >= 4 is 0 Å². The molecule has 0 amide bonds. The molecule has 1 unspecified atom stereocenters. The van der Waals surface area contributed by atoms with Gasteiger partial charge in [0.25, 0.3) is 0 Å². The summed E-state index contributed by atoms with van der Waals surface area (Å²) in [6.45, 7) is 0. The summed E-state index contributed by atoms with van der Waals surface area (Å²) in [6, 6.07) is 16.9. The van der Waals surface area contributed by atoms with Gasteiger partial charge in [0.15, 0.2) is 0 Å². The highest BCUT2D eigenvalue weighted by molar-refractivity contribution is 5.31. The van der Waals surface area contributed by atoms with Crippen LogP contribution in [0.4, 0.5) is 0 Å².